The molecule has 2 nitrogen and oxygen atoms in total. The van der Waals surface area contributed by atoms with Crippen LogP contribution in [0.1, 0.15) is 26.2 Å². The maximum Gasteiger partial charge on any atom is 0.0578 e. The summed E-state index contributed by atoms with van der Waals surface area (Å²) in [6.45, 7) is 3.52. The van der Waals surface area contributed by atoms with Gasteiger partial charge in [-0.05, 0) is 25.2 Å². The molecule has 0 aromatic rings. The monoisotopic (exact) mass is 166 g/mol. The summed E-state index contributed by atoms with van der Waals surface area (Å²) in [6.07, 6.45) is 8.91. The Kier molecular flexibility index (Phi) is 3.13. The molecule has 0 aromatic heterocycles. The standard InChI is InChI=1S/C10H18N2/c1-3-7-12-10(4-2,8-11)9-5-6-9/h1,9,12H,4-8,11H2,2H3. The van der Waals surface area contributed by atoms with Gasteiger partial charge >= 0.3 is 0 Å². The summed E-state index contributed by atoms with van der Waals surface area (Å²) in [5.74, 6) is 3.37. The van der Waals surface area contributed by atoms with Gasteiger partial charge in [0.2, 0.25) is 0 Å². The van der Waals surface area contributed by atoms with Gasteiger partial charge in [-0.1, -0.05) is 12.8 Å². The first-order valence-electron chi connectivity index (χ1n) is 4.67. The van der Waals surface area contributed by atoms with E-state index < -0.39 is 0 Å². The van der Waals surface area contributed by atoms with Crippen molar-refractivity contribution in [2.24, 2.45) is 11.7 Å². The Bertz CT molecular complexity index is 173. The number of terminal acetylenes is 1. The van der Waals surface area contributed by atoms with Crippen molar-refractivity contribution in [1.82, 2.24) is 5.32 Å². The fourth-order valence-corrected chi connectivity index (χ4v) is 1.80. The molecule has 12 heavy (non-hydrogen) atoms. The van der Waals surface area contributed by atoms with Gasteiger partial charge in [0.1, 0.15) is 0 Å². The summed E-state index contributed by atoms with van der Waals surface area (Å²) < 4.78 is 0. The highest BCUT2D eigenvalue weighted by atomic mass is 15.0. The van der Waals surface area contributed by atoms with Crippen molar-refractivity contribution in [3.05, 3.63) is 0 Å². The lowest BCUT2D eigenvalue weighted by Crippen LogP contribution is -2.52. The van der Waals surface area contributed by atoms with Crippen LogP contribution in [0.3, 0.4) is 0 Å². The van der Waals surface area contributed by atoms with E-state index in [1.807, 2.05) is 0 Å². The van der Waals surface area contributed by atoms with E-state index in [9.17, 15) is 0 Å². The molecule has 1 rings (SSSR count). The highest BCUT2D eigenvalue weighted by molar-refractivity contribution is 5.03. The molecule has 1 fully saturated rings. The average Bonchev–Trinajstić information content (AvgIpc) is 2.91. The van der Waals surface area contributed by atoms with Crippen LogP contribution in [0.15, 0.2) is 0 Å². The minimum atomic E-state index is 0.131. The molecule has 0 bridgehead atoms. The summed E-state index contributed by atoms with van der Waals surface area (Å²) in [4.78, 5) is 0. The van der Waals surface area contributed by atoms with Gasteiger partial charge < -0.3 is 5.73 Å². The predicted molar refractivity (Wildman–Crippen MR) is 51.6 cm³/mol. The first-order chi connectivity index (χ1) is 5.79. The van der Waals surface area contributed by atoms with Gasteiger partial charge in [0.05, 0.1) is 6.54 Å². The van der Waals surface area contributed by atoms with E-state index in [0.29, 0.717) is 13.1 Å². The van der Waals surface area contributed by atoms with Crippen molar-refractivity contribution < 1.29 is 0 Å². The molecule has 0 heterocycles. The molecule has 0 amide bonds. The van der Waals surface area contributed by atoms with Crippen LogP contribution >= 0.6 is 0 Å². The molecular weight excluding hydrogens is 148 g/mol. The van der Waals surface area contributed by atoms with Crippen molar-refractivity contribution in [1.29, 1.82) is 0 Å². The summed E-state index contributed by atoms with van der Waals surface area (Å²) >= 11 is 0. The number of rotatable bonds is 5. The second-order valence-electron chi connectivity index (χ2n) is 3.55. The molecule has 1 saturated carbocycles. The Morgan fingerprint density at radius 3 is 2.67 bits per heavy atom. The van der Waals surface area contributed by atoms with E-state index in [1.165, 1.54) is 12.8 Å². The van der Waals surface area contributed by atoms with Crippen molar-refractivity contribution >= 4 is 0 Å². The van der Waals surface area contributed by atoms with Crippen LogP contribution in [0.5, 0.6) is 0 Å². The molecular formula is C10H18N2. The lowest BCUT2D eigenvalue weighted by atomic mass is 9.90. The van der Waals surface area contributed by atoms with Crippen LogP contribution < -0.4 is 11.1 Å². The van der Waals surface area contributed by atoms with Crippen LogP contribution in [0.2, 0.25) is 0 Å². The Balaban J connectivity index is 2.50. The smallest absolute Gasteiger partial charge is 0.0578 e. The molecule has 1 aliphatic carbocycles. The highest BCUT2D eigenvalue weighted by Crippen LogP contribution is 2.40. The van der Waals surface area contributed by atoms with Gasteiger partial charge in [0.25, 0.3) is 0 Å². The summed E-state index contributed by atoms with van der Waals surface area (Å²) in [6, 6.07) is 0. The zero-order chi connectivity index (χ0) is 9.03. The third-order valence-electron chi connectivity index (χ3n) is 2.90. The Morgan fingerprint density at radius 2 is 2.33 bits per heavy atom. The van der Waals surface area contributed by atoms with Crippen molar-refractivity contribution in [3.8, 4) is 12.3 Å². The molecule has 0 spiro atoms. The summed E-state index contributed by atoms with van der Waals surface area (Å²) in [5.41, 5.74) is 5.90. The third-order valence-corrected chi connectivity index (χ3v) is 2.90. The molecule has 0 saturated heterocycles. The molecule has 68 valence electrons. The lowest BCUT2D eigenvalue weighted by molar-refractivity contribution is 0.292. The molecule has 1 aliphatic rings. The van der Waals surface area contributed by atoms with Gasteiger partial charge in [-0.2, -0.15) is 0 Å². The molecule has 0 aliphatic heterocycles. The van der Waals surface area contributed by atoms with E-state index in [-0.39, 0.29) is 5.54 Å². The quantitative estimate of drug-likeness (QED) is 0.591. The number of nitrogens with two attached hydrogens (primary N) is 1. The number of nitrogens with one attached hydrogen (secondary N) is 1. The molecule has 2 heteroatoms. The fraction of sp³-hybridized carbons (Fsp3) is 0.800. The third kappa shape index (κ3) is 1.80. The SMILES string of the molecule is C#CCNC(CC)(CN)C1CC1. The highest BCUT2D eigenvalue weighted by Gasteiger charge is 2.42. The van der Waals surface area contributed by atoms with Gasteiger partial charge in [-0.15, -0.1) is 6.42 Å². The van der Waals surface area contributed by atoms with Crippen molar-refractivity contribution in [2.75, 3.05) is 13.1 Å². The van der Waals surface area contributed by atoms with Gasteiger partial charge in [-0.3, -0.25) is 5.32 Å². The maximum absolute atomic E-state index is 5.77. The maximum atomic E-state index is 5.77. The topological polar surface area (TPSA) is 38.0 Å². The average molecular weight is 166 g/mol. The summed E-state index contributed by atoms with van der Waals surface area (Å²) in [5, 5.41) is 3.38. The Hall–Kier alpha value is -0.520. The zero-order valence-corrected chi connectivity index (χ0v) is 7.77. The predicted octanol–water partition coefficient (Wildman–Crippen LogP) is 0.727. The molecule has 1 unspecified atom stereocenters. The van der Waals surface area contributed by atoms with E-state index in [0.717, 1.165) is 12.3 Å². The van der Waals surface area contributed by atoms with E-state index in [1.54, 1.807) is 0 Å². The second-order valence-corrected chi connectivity index (χ2v) is 3.55. The Labute approximate surface area is 74.9 Å². The number of hydrogen-bond donors (Lipinski definition) is 2. The van der Waals surface area contributed by atoms with Gasteiger partial charge in [-0.25, -0.2) is 0 Å². The fourth-order valence-electron chi connectivity index (χ4n) is 1.80. The Morgan fingerprint density at radius 1 is 1.67 bits per heavy atom. The zero-order valence-electron chi connectivity index (χ0n) is 7.77. The normalized spacial score (nSPS) is 21.4. The van der Waals surface area contributed by atoms with Crippen LogP contribution in [-0.2, 0) is 0 Å². The van der Waals surface area contributed by atoms with Crippen LogP contribution in [0.25, 0.3) is 0 Å². The summed E-state index contributed by atoms with van der Waals surface area (Å²) in [7, 11) is 0. The van der Waals surface area contributed by atoms with Crippen molar-refractivity contribution in [3.63, 3.8) is 0 Å². The largest absolute Gasteiger partial charge is 0.329 e. The first-order valence-corrected chi connectivity index (χ1v) is 4.67. The molecule has 3 N–H and O–H groups in total. The molecule has 0 radical (unpaired) electrons. The van der Waals surface area contributed by atoms with Crippen molar-refractivity contribution in [2.45, 2.75) is 31.7 Å². The van der Waals surface area contributed by atoms with Gasteiger partial charge in [0, 0.05) is 12.1 Å². The lowest BCUT2D eigenvalue weighted by Gasteiger charge is -2.32. The second kappa shape index (κ2) is 3.93. The first kappa shape index (κ1) is 9.57. The van der Waals surface area contributed by atoms with Crippen LogP contribution in [-0.4, -0.2) is 18.6 Å². The molecule has 1 atom stereocenters. The van der Waals surface area contributed by atoms with Crippen LogP contribution in [0, 0.1) is 18.3 Å². The molecule has 0 aromatic carbocycles. The van der Waals surface area contributed by atoms with Gasteiger partial charge in [0.15, 0.2) is 0 Å². The van der Waals surface area contributed by atoms with E-state index in [2.05, 4.69) is 18.2 Å². The van der Waals surface area contributed by atoms with Crippen LogP contribution in [0.4, 0.5) is 0 Å². The minimum absolute atomic E-state index is 0.131. The van der Waals surface area contributed by atoms with E-state index in [4.69, 9.17) is 12.2 Å². The van der Waals surface area contributed by atoms with E-state index >= 15 is 0 Å². The number of hydrogen-bond acceptors (Lipinski definition) is 2. The minimum Gasteiger partial charge on any atom is -0.329 e.